The Kier molecular flexibility index (Phi) is 4.17. The van der Waals surface area contributed by atoms with Crippen LogP contribution in [0, 0.1) is 0 Å². The molecule has 24 heavy (non-hydrogen) atoms. The van der Waals surface area contributed by atoms with Gasteiger partial charge in [-0.05, 0) is 24.1 Å². The Morgan fingerprint density at radius 1 is 1.38 bits per heavy atom. The Morgan fingerprint density at radius 3 is 3.12 bits per heavy atom. The molecule has 0 aliphatic carbocycles. The maximum absolute atomic E-state index is 5.35. The van der Waals surface area contributed by atoms with Crippen molar-refractivity contribution in [1.82, 2.24) is 30.7 Å². The lowest BCUT2D eigenvalue weighted by atomic mass is 9.95. The third kappa shape index (κ3) is 2.66. The molecule has 3 aromatic rings. The van der Waals surface area contributed by atoms with Gasteiger partial charge >= 0.3 is 0 Å². The van der Waals surface area contributed by atoms with Crippen LogP contribution in [0.25, 0.3) is 4.96 Å². The highest BCUT2D eigenvalue weighted by molar-refractivity contribution is 7.16. The predicted octanol–water partition coefficient (Wildman–Crippen LogP) is 2.08. The Hall–Kier alpha value is -2.03. The molecule has 1 aliphatic heterocycles. The van der Waals surface area contributed by atoms with E-state index in [4.69, 9.17) is 9.84 Å². The molecule has 4 rings (SSSR count). The molecule has 7 nitrogen and oxygen atoms in total. The average Bonchev–Trinajstić information content (AvgIpc) is 3.31. The number of benzene rings is 1. The number of methoxy groups -OCH3 is 1. The molecular weight excluding hydrogens is 324 g/mol. The third-order valence-electron chi connectivity index (χ3n) is 4.30. The smallest absolute Gasteiger partial charge is 0.234 e. The molecule has 0 spiro atoms. The summed E-state index contributed by atoms with van der Waals surface area (Å²) in [6.45, 7) is 2.97. The lowest BCUT2D eigenvalue weighted by molar-refractivity contribution is 0.413. The van der Waals surface area contributed by atoms with E-state index in [0.29, 0.717) is 0 Å². The van der Waals surface area contributed by atoms with Gasteiger partial charge in [-0.15, -0.1) is 10.2 Å². The average molecular weight is 344 g/mol. The first-order valence-corrected chi connectivity index (χ1v) is 8.95. The van der Waals surface area contributed by atoms with Crippen LogP contribution in [-0.4, -0.2) is 33.5 Å². The molecule has 2 atom stereocenters. The number of hydrogen-bond acceptors (Lipinski definition) is 7. The second kappa shape index (κ2) is 6.46. The molecule has 126 valence electrons. The molecule has 1 fully saturated rings. The van der Waals surface area contributed by atoms with Gasteiger partial charge in [-0.2, -0.15) is 9.61 Å². The van der Waals surface area contributed by atoms with Gasteiger partial charge < -0.3 is 4.74 Å². The van der Waals surface area contributed by atoms with Crippen LogP contribution in [0.4, 0.5) is 0 Å². The van der Waals surface area contributed by atoms with Crippen molar-refractivity contribution in [1.29, 1.82) is 0 Å². The predicted molar refractivity (Wildman–Crippen MR) is 92.3 cm³/mol. The molecule has 0 bridgehead atoms. The number of ether oxygens (including phenoxy) is 1. The fourth-order valence-electron chi connectivity index (χ4n) is 3.08. The van der Waals surface area contributed by atoms with Gasteiger partial charge in [-0.3, -0.25) is 5.43 Å². The van der Waals surface area contributed by atoms with E-state index in [1.807, 2.05) is 16.6 Å². The number of aromatic nitrogens is 4. The minimum absolute atomic E-state index is 0.151. The van der Waals surface area contributed by atoms with Gasteiger partial charge in [0.05, 0.1) is 13.2 Å². The highest BCUT2D eigenvalue weighted by atomic mass is 32.1. The van der Waals surface area contributed by atoms with Crippen LogP contribution in [-0.2, 0) is 6.42 Å². The van der Waals surface area contributed by atoms with Crippen molar-refractivity contribution in [2.75, 3.05) is 13.7 Å². The van der Waals surface area contributed by atoms with Gasteiger partial charge in [0, 0.05) is 18.9 Å². The van der Waals surface area contributed by atoms with Crippen molar-refractivity contribution >= 4 is 16.3 Å². The summed E-state index contributed by atoms with van der Waals surface area (Å²) in [5.41, 5.74) is 7.81. The fraction of sp³-hybridized carbons (Fsp3) is 0.438. The van der Waals surface area contributed by atoms with Crippen LogP contribution in [0.3, 0.4) is 0 Å². The highest BCUT2D eigenvalue weighted by Crippen LogP contribution is 2.36. The minimum Gasteiger partial charge on any atom is -0.497 e. The molecule has 0 amide bonds. The van der Waals surface area contributed by atoms with E-state index < -0.39 is 0 Å². The molecular formula is C16H20N6OS. The van der Waals surface area contributed by atoms with E-state index in [2.05, 4.69) is 40.1 Å². The van der Waals surface area contributed by atoms with Gasteiger partial charge in [0.25, 0.3) is 0 Å². The van der Waals surface area contributed by atoms with Crippen molar-refractivity contribution in [3.8, 4) is 5.75 Å². The SMILES string of the molecule is CCCc1nnc2sc(C3CNNC3c3cccc(OC)c3)nn12. The normalized spacial score (nSPS) is 20.8. The van der Waals surface area contributed by atoms with E-state index in [1.165, 1.54) is 5.56 Å². The zero-order valence-electron chi connectivity index (χ0n) is 13.7. The number of aryl methyl sites for hydroxylation is 1. The second-order valence-electron chi connectivity index (χ2n) is 5.89. The lowest BCUT2D eigenvalue weighted by Crippen LogP contribution is -2.24. The summed E-state index contributed by atoms with van der Waals surface area (Å²) < 4.78 is 7.24. The molecule has 2 N–H and O–H groups in total. The monoisotopic (exact) mass is 344 g/mol. The summed E-state index contributed by atoms with van der Waals surface area (Å²) in [5.74, 6) is 2.05. The lowest BCUT2D eigenvalue weighted by Gasteiger charge is -2.17. The van der Waals surface area contributed by atoms with Crippen LogP contribution in [0.2, 0.25) is 0 Å². The van der Waals surface area contributed by atoms with Crippen molar-refractivity contribution in [2.24, 2.45) is 0 Å². The molecule has 2 aromatic heterocycles. The van der Waals surface area contributed by atoms with Crippen LogP contribution in [0.5, 0.6) is 5.75 Å². The summed E-state index contributed by atoms with van der Waals surface area (Å²) >= 11 is 1.62. The highest BCUT2D eigenvalue weighted by Gasteiger charge is 2.33. The molecule has 1 aliphatic rings. The van der Waals surface area contributed by atoms with Crippen LogP contribution < -0.4 is 15.6 Å². The van der Waals surface area contributed by atoms with Crippen LogP contribution in [0.1, 0.15) is 41.7 Å². The molecule has 0 saturated carbocycles. The van der Waals surface area contributed by atoms with E-state index in [1.54, 1.807) is 18.4 Å². The quantitative estimate of drug-likeness (QED) is 0.738. The van der Waals surface area contributed by atoms with E-state index >= 15 is 0 Å². The van der Waals surface area contributed by atoms with Crippen molar-refractivity contribution in [2.45, 2.75) is 31.7 Å². The summed E-state index contributed by atoms with van der Waals surface area (Å²) in [5, 5.41) is 14.4. The maximum Gasteiger partial charge on any atom is 0.234 e. The molecule has 0 radical (unpaired) electrons. The van der Waals surface area contributed by atoms with Gasteiger partial charge in [-0.1, -0.05) is 30.4 Å². The first-order chi connectivity index (χ1) is 11.8. The van der Waals surface area contributed by atoms with Crippen molar-refractivity contribution in [3.63, 3.8) is 0 Å². The first-order valence-electron chi connectivity index (χ1n) is 8.13. The summed E-state index contributed by atoms with van der Waals surface area (Å²) in [6.07, 6.45) is 1.93. The van der Waals surface area contributed by atoms with Gasteiger partial charge in [0.15, 0.2) is 5.82 Å². The second-order valence-corrected chi connectivity index (χ2v) is 6.87. The number of nitrogens with one attached hydrogen (secondary N) is 2. The third-order valence-corrected chi connectivity index (χ3v) is 5.33. The number of hydrogen-bond donors (Lipinski definition) is 2. The van der Waals surface area contributed by atoms with Gasteiger partial charge in [-0.25, -0.2) is 5.43 Å². The summed E-state index contributed by atoms with van der Waals surface area (Å²) in [6, 6.07) is 8.31. The van der Waals surface area contributed by atoms with Crippen LogP contribution in [0.15, 0.2) is 24.3 Å². The number of nitrogens with zero attached hydrogens (tertiary/aromatic N) is 4. The van der Waals surface area contributed by atoms with Crippen LogP contribution >= 0.6 is 11.3 Å². The van der Waals surface area contributed by atoms with Gasteiger partial charge in [0.1, 0.15) is 10.8 Å². The molecule has 1 aromatic carbocycles. The number of fused-ring (bicyclic) bond motifs is 1. The zero-order chi connectivity index (χ0) is 16.5. The number of rotatable bonds is 5. The number of hydrazine groups is 1. The standard InChI is InChI=1S/C16H20N6OS/c1-3-5-13-18-20-16-22(13)21-15(24-16)12-9-17-19-14(12)10-6-4-7-11(8-10)23-2/h4,6-8,12,14,17,19H,3,5,9H2,1-2H3. The topological polar surface area (TPSA) is 76.4 Å². The summed E-state index contributed by atoms with van der Waals surface area (Å²) in [4.78, 5) is 0.866. The Balaban J connectivity index is 1.67. The van der Waals surface area contributed by atoms with Crippen molar-refractivity contribution in [3.05, 3.63) is 40.7 Å². The van der Waals surface area contributed by atoms with E-state index in [-0.39, 0.29) is 12.0 Å². The largest absolute Gasteiger partial charge is 0.497 e. The first kappa shape index (κ1) is 15.5. The zero-order valence-corrected chi connectivity index (χ0v) is 14.5. The minimum atomic E-state index is 0.151. The van der Waals surface area contributed by atoms with Crippen molar-refractivity contribution < 1.29 is 4.74 Å². The molecule has 8 heteroatoms. The van der Waals surface area contributed by atoms with E-state index in [9.17, 15) is 0 Å². The van der Waals surface area contributed by atoms with Gasteiger partial charge in [0.2, 0.25) is 4.96 Å². The molecule has 3 heterocycles. The maximum atomic E-state index is 5.35. The Morgan fingerprint density at radius 2 is 2.29 bits per heavy atom. The molecule has 1 saturated heterocycles. The molecule has 2 unspecified atom stereocenters. The fourth-order valence-corrected chi connectivity index (χ4v) is 4.07. The Labute approximate surface area is 144 Å². The Bertz CT molecular complexity index is 844. The van der Waals surface area contributed by atoms with E-state index in [0.717, 1.165) is 40.9 Å². The summed E-state index contributed by atoms with van der Waals surface area (Å²) in [7, 11) is 1.69.